The number of hydrogen-bond donors (Lipinski definition) is 2. The highest BCUT2D eigenvalue weighted by Gasteiger charge is 2.14. The Morgan fingerprint density at radius 2 is 2.12 bits per heavy atom. The van der Waals surface area contributed by atoms with Crippen LogP contribution >= 0.6 is 0 Å². The number of fused-ring (bicyclic) bond motifs is 1. The molecule has 3 heterocycles. The van der Waals surface area contributed by atoms with Crippen LogP contribution in [0.25, 0.3) is 22.6 Å². The van der Waals surface area contributed by atoms with Crippen molar-refractivity contribution < 1.29 is 13.6 Å². The number of aromatic nitrogens is 3. The summed E-state index contributed by atoms with van der Waals surface area (Å²) in [4.78, 5) is 23.4. The summed E-state index contributed by atoms with van der Waals surface area (Å²) >= 11 is 0. The zero-order chi connectivity index (χ0) is 16.5. The van der Waals surface area contributed by atoms with Gasteiger partial charge in [0.2, 0.25) is 0 Å². The minimum atomic E-state index is -0.454. The number of H-pyrrole nitrogens is 1. The first kappa shape index (κ1) is 14.1. The highest BCUT2D eigenvalue weighted by molar-refractivity contribution is 6.02. The number of rotatable bonds is 3. The fourth-order valence-corrected chi connectivity index (χ4v) is 2.36. The van der Waals surface area contributed by atoms with Gasteiger partial charge in [-0.25, -0.2) is 14.4 Å². The van der Waals surface area contributed by atoms with E-state index in [9.17, 15) is 9.18 Å². The number of amides is 1. The van der Waals surface area contributed by atoms with Crippen LogP contribution in [0.1, 0.15) is 10.6 Å². The number of halogens is 1. The van der Waals surface area contributed by atoms with E-state index in [0.717, 1.165) is 0 Å². The summed E-state index contributed by atoms with van der Waals surface area (Å²) in [7, 11) is 0. The lowest BCUT2D eigenvalue weighted by Gasteiger charge is -2.06. The molecule has 118 valence electrons. The van der Waals surface area contributed by atoms with E-state index in [1.54, 1.807) is 30.5 Å². The third kappa shape index (κ3) is 2.52. The van der Waals surface area contributed by atoms with Gasteiger partial charge < -0.3 is 14.7 Å². The summed E-state index contributed by atoms with van der Waals surface area (Å²) in [5.74, 6) is -0.349. The monoisotopic (exact) mass is 322 g/mol. The Hall–Kier alpha value is -3.48. The molecule has 0 unspecified atom stereocenters. The lowest BCUT2D eigenvalue weighted by molar-refractivity contribution is 0.0996. The second-order valence-electron chi connectivity index (χ2n) is 5.09. The minimum absolute atomic E-state index is 0.175. The van der Waals surface area contributed by atoms with Crippen molar-refractivity contribution in [2.75, 3.05) is 5.32 Å². The standard InChI is InChI=1S/C17H11FN4O2/c18-12-6-5-10(20-17(23)14-4-2-8-24-14)9-11(12)15-21-13-3-1-7-19-16(13)22-15/h1-9H,(H,20,23)(H,19,21,22). The number of nitrogens with one attached hydrogen (secondary N) is 2. The number of furan rings is 1. The molecule has 0 bridgehead atoms. The van der Waals surface area contributed by atoms with Gasteiger partial charge in [0.05, 0.1) is 17.3 Å². The second-order valence-corrected chi connectivity index (χ2v) is 5.09. The molecule has 3 aromatic heterocycles. The van der Waals surface area contributed by atoms with Gasteiger partial charge >= 0.3 is 0 Å². The Balaban J connectivity index is 1.69. The number of benzene rings is 1. The Kier molecular flexibility index (Phi) is 3.31. The Labute approximate surface area is 135 Å². The summed E-state index contributed by atoms with van der Waals surface area (Å²) in [5.41, 5.74) is 1.88. The van der Waals surface area contributed by atoms with Gasteiger partial charge in [0.1, 0.15) is 11.6 Å². The van der Waals surface area contributed by atoms with Crippen molar-refractivity contribution >= 4 is 22.8 Å². The smallest absolute Gasteiger partial charge is 0.291 e. The van der Waals surface area contributed by atoms with E-state index < -0.39 is 11.7 Å². The Morgan fingerprint density at radius 1 is 1.21 bits per heavy atom. The number of anilines is 1. The number of nitrogens with zero attached hydrogens (tertiary/aromatic N) is 2. The molecule has 0 radical (unpaired) electrons. The normalized spacial score (nSPS) is 10.9. The van der Waals surface area contributed by atoms with Crippen molar-refractivity contribution in [3.63, 3.8) is 0 Å². The maximum Gasteiger partial charge on any atom is 0.291 e. The van der Waals surface area contributed by atoms with Gasteiger partial charge in [-0.3, -0.25) is 4.79 Å². The molecule has 1 aromatic carbocycles. The highest BCUT2D eigenvalue weighted by Crippen LogP contribution is 2.25. The van der Waals surface area contributed by atoms with Gasteiger partial charge in [-0.1, -0.05) is 0 Å². The fraction of sp³-hybridized carbons (Fsp3) is 0. The van der Waals surface area contributed by atoms with Crippen LogP contribution in [0.4, 0.5) is 10.1 Å². The maximum atomic E-state index is 14.2. The molecule has 7 heteroatoms. The molecule has 0 saturated heterocycles. The van der Waals surface area contributed by atoms with E-state index in [2.05, 4.69) is 20.3 Å². The molecule has 2 N–H and O–H groups in total. The molecule has 0 saturated carbocycles. The van der Waals surface area contributed by atoms with E-state index in [1.165, 1.54) is 24.5 Å². The van der Waals surface area contributed by atoms with Crippen molar-refractivity contribution in [1.29, 1.82) is 0 Å². The zero-order valence-corrected chi connectivity index (χ0v) is 12.3. The SMILES string of the molecule is O=C(Nc1ccc(F)c(-c2nc3ncccc3[nH]2)c1)c1ccco1. The molecular weight excluding hydrogens is 311 g/mol. The van der Waals surface area contributed by atoms with E-state index in [-0.39, 0.29) is 11.3 Å². The lowest BCUT2D eigenvalue weighted by atomic mass is 10.1. The van der Waals surface area contributed by atoms with Gasteiger partial charge in [-0.2, -0.15) is 0 Å². The van der Waals surface area contributed by atoms with Crippen molar-refractivity contribution in [1.82, 2.24) is 15.0 Å². The number of aromatic amines is 1. The van der Waals surface area contributed by atoms with Crippen LogP contribution in [0.2, 0.25) is 0 Å². The summed E-state index contributed by atoms with van der Waals surface area (Å²) in [5, 5.41) is 2.66. The number of imidazole rings is 1. The van der Waals surface area contributed by atoms with Crippen molar-refractivity contribution in [2.45, 2.75) is 0 Å². The quantitative estimate of drug-likeness (QED) is 0.603. The molecule has 0 aliphatic rings. The predicted molar refractivity (Wildman–Crippen MR) is 85.9 cm³/mol. The topological polar surface area (TPSA) is 83.8 Å². The summed E-state index contributed by atoms with van der Waals surface area (Å²) in [6.45, 7) is 0. The van der Waals surface area contributed by atoms with Gasteiger partial charge in [0.25, 0.3) is 5.91 Å². The summed E-state index contributed by atoms with van der Waals surface area (Å²) < 4.78 is 19.2. The molecule has 4 rings (SSSR count). The van der Waals surface area contributed by atoms with Crippen LogP contribution in [0.15, 0.2) is 59.3 Å². The predicted octanol–water partition coefficient (Wildman–Crippen LogP) is 3.61. The maximum absolute atomic E-state index is 14.2. The zero-order valence-electron chi connectivity index (χ0n) is 12.3. The van der Waals surface area contributed by atoms with Crippen molar-refractivity contribution in [3.05, 3.63) is 66.5 Å². The Bertz CT molecular complexity index is 991. The van der Waals surface area contributed by atoms with Crippen LogP contribution in [-0.2, 0) is 0 Å². The van der Waals surface area contributed by atoms with Gasteiger partial charge in [0.15, 0.2) is 11.4 Å². The molecule has 1 amide bonds. The third-order valence-corrected chi connectivity index (χ3v) is 3.48. The number of carbonyl (C=O) groups is 1. The van der Waals surface area contributed by atoms with Crippen molar-refractivity contribution in [3.8, 4) is 11.4 Å². The average Bonchev–Trinajstić information content (AvgIpc) is 3.25. The number of pyridine rings is 1. The molecular formula is C17H11FN4O2. The lowest BCUT2D eigenvalue weighted by Crippen LogP contribution is -2.11. The first-order valence-corrected chi connectivity index (χ1v) is 7.16. The minimum Gasteiger partial charge on any atom is -0.459 e. The first-order valence-electron chi connectivity index (χ1n) is 7.16. The average molecular weight is 322 g/mol. The van der Waals surface area contributed by atoms with E-state index in [4.69, 9.17) is 4.42 Å². The largest absolute Gasteiger partial charge is 0.459 e. The van der Waals surface area contributed by atoms with Crippen LogP contribution in [-0.4, -0.2) is 20.9 Å². The third-order valence-electron chi connectivity index (χ3n) is 3.48. The number of hydrogen-bond acceptors (Lipinski definition) is 4. The summed E-state index contributed by atoms with van der Waals surface area (Å²) in [6, 6.07) is 11.0. The van der Waals surface area contributed by atoms with Crippen molar-refractivity contribution in [2.24, 2.45) is 0 Å². The molecule has 0 aliphatic carbocycles. The fourth-order valence-electron chi connectivity index (χ4n) is 2.36. The first-order chi connectivity index (χ1) is 11.7. The highest BCUT2D eigenvalue weighted by atomic mass is 19.1. The summed E-state index contributed by atoms with van der Waals surface area (Å²) in [6.07, 6.45) is 3.02. The van der Waals surface area contributed by atoms with Gasteiger partial charge in [0, 0.05) is 11.9 Å². The van der Waals surface area contributed by atoms with E-state index in [1.807, 2.05) is 0 Å². The molecule has 0 spiro atoms. The molecule has 24 heavy (non-hydrogen) atoms. The van der Waals surface area contributed by atoms with Crippen LogP contribution in [0.5, 0.6) is 0 Å². The number of carbonyl (C=O) groups excluding carboxylic acids is 1. The molecule has 6 nitrogen and oxygen atoms in total. The van der Waals surface area contributed by atoms with Crippen LogP contribution < -0.4 is 5.32 Å². The van der Waals surface area contributed by atoms with Gasteiger partial charge in [-0.05, 0) is 42.5 Å². The van der Waals surface area contributed by atoms with E-state index in [0.29, 0.717) is 22.7 Å². The van der Waals surface area contributed by atoms with Gasteiger partial charge in [-0.15, -0.1) is 0 Å². The molecule has 0 fully saturated rings. The second kappa shape index (κ2) is 5.62. The molecule has 4 aromatic rings. The Morgan fingerprint density at radius 3 is 2.92 bits per heavy atom. The van der Waals surface area contributed by atoms with E-state index >= 15 is 0 Å². The van der Waals surface area contributed by atoms with Crippen LogP contribution in [0.3, 0.4) is 0 Å². The molecule has 0 aliphatic heterocycles. The van der Waals surface area contributed by atoms with Crippen LogP contribution in [0, 0.1) is 5.82 Å². The molecule has 0 atom stereocenters.